The second-order valence-corrected chi connectivity index (χ2v) is 7.52. The second kappa shape index (κ2) is 8.10. The number of aliphatic hydroxyl groups is 1. The van der Waals surface area contributed by atoms with Gasteiger partial charge in [-0.15, -0.1) is 0 Å². The summed E-state index contributed by atoms with van der Waals surface area (Å²) in [5.41, 5.74) is 0.406. The molecule has 0 unspecified atom stereocenters. The van der Waals surface area contributed by atoms with Crippen molar-refractivity contribution in [3.8, 4) is 0 Å². The lowest BCUT2D eigenvalue weighted by Crippen LogP contribution is -2.47. The van der Waals surface area contributed by atoms with Gasteiger partial charge < -0.3 is 15.2 Å². The van der Waals surface area contributed by atoms with Gasteiger partial charge in [0, 0.05) is 31.7 Å². The number of nitrogens with zero attached hydrogens (tertiary/aromatic N) is 1. The molecule has 1 aromatic carbocycles. The fourth-order valence-electron chi connectivity index (χ4n) is 3.41. The Bertz CT molecular complexity index is 519. The minimum atomic E-state index is -0.805. The van der Waals surface area contributed by atoms with Crippen molar-refractivity contribution < 1.29 is 14.6 Å². The van der Waals surface area contributed by atoms with E-state index in [4.69, 9.17) is 4.74 Å². The molecule has 0 bridgehead atoms. The number of amides is 1. The van der Waals surface area contributed by atoms with E-state index in [0.29, 0.717) is 13.1 Å². The lowest BCUT2D eigenvalue weighted by Gasteiger charge is -2.38. The van der Waals surface area contributed by atoms with E-state index >= 15 is 0 Å². The quantitative estimate of drug-likeness (QED) is 0.794. The highest BCUT2D eigenvalue weighted by atomic mass is 16.5. The minimum absolute atomic E-state index is 0.0106. The van der Waals surface area contributed by atoms with Gasteiger partial charge in [0.15, 0.2) is 0 Å². The summed E-state index contributed by atoms with van der Waals surface area (Å²) in [4.78, 5) is 14.1. The van der Waals surface area contributed by atoms with E-state index in [2.05, 4.69) is 17.4 Å². The molecule has 1 aliphatic rings. The zero-order valence-electron chi connectivity index (χ0n) is 15.0. The summed E-state index contributed by atoms with van der Waals surface area (Å²) in [6, 6.07) is 10.4. The van der Waals surface area contributed by atoms with Gasteiger partial charge in [-0.05, 0) is 39.3 Å². The van der Waals surface area contributed by atoms with E-state index in [1.165, 1.54) is 5.56 Å². The van der Waals surface area contributed by atoms with Crippen LogP contribution in [0.25, 0.3) is 0 Å². The van der Waals surface area contributed by atoms with Crippen LogP contribution in [-0.4, -0.2) is 61.4 Å². The van der Waals surface area contributed by atoms with Gasteiger partial charge >= 0.3 is 0 Å². The molecule has 0 aliphatic carbocycles. The van der Waals surface area contributed by atoms with Crippen LogP contribution in [-0.2, 0) is 14.9 Å². The first-order valence-electron chi connectivity index (χ1n) is 8.62. The molecule has 0 saturated carbocycles. The molecule has 2 N–H and O–H groups in total. The van der Waals surface area contributed by atoms with Gasteiger partial charge in [0.2, 0.25) is 5.91 Å². The molecule has 1 aliphatic heterocycles. The normalized spacial score (nSPS) is 17.7. The Labute approximate surface area is 145 Å². The van der Waals surface area contributed by atoms with Gasteiger partial charge in [-0.25, -0.2) is 0 Å². The number of rotatable bonds is 7. The molecular weight excluding hydrogens is 304 g/mol. The van der Waals surface area contributed by atoms with E-state index in [0.717, 1.165) is 26.1 Å². The van der Waals surface area contributed by atoms with Crippen LogP contribution in [0.4, 0.5) is 0 Å². The molecule has 2 rings (SSSR count). The van der Waals surface area contributed by atoms with Crippen molar-refractivity contribution in [3.05, 3.63) is 35.9 Å². The van der Waals surface area contributed by atoms with Crippen LogP contribution in [0.2, 0.25) is 0 Å². The third-order valence-corrected chi connectivity index (χ3v) is 4.53. The smallest absolute Gasteiger partial charge is 0.234 e. The van der Waals surface area contributed by atoms with Crippen LogP contribution in [0.1, 0.15) is 32.3 Å². The first kappa shape index (κ1) is 18.9. The minimum Gasteiger partial charge on any atom is -0.389 e. The molecule has 0 radical (unpaired) electrons. The summed E-state index contributed by atoms with van der Waals surface area (Å²) in [6.07, 6.45) is 1.83. The van der Waals surface area contributed by atoms with Gasteiger partial charge in [0.05, 0.1) is 12.1 Å². The number of likely N-dealkylation sites (N-methyl/N-ethyl adjacent to an activating group) is 1. The highest BCUT2D eigenvalue weighted by Gasteiger charge is 2.34. The number of benzene rings is 1. The molecule has 0 aromatic heterocycles. The first-order chi connectivity index (χ1) is 11.3. The van der Waals surface area contributed by atoms with Crippen molar-refractivity contribution in [2.45, 2.75) is 37.7 Å². The van der Waals surface area contributed by atoms with Gasteiger partial charge in [-0.2, -0.15) is 0 Å². The van der Waals surface area contributed by atoms with E-state index in [-0.39, 0.29) is 17.9 Å². The third-order valence-electron chi connectivity index (χ3n) is 4.53. The summed E-state index contributed by atoms with van der Waals surface area (Å²) < 4.78 is 5.52. The number of hydrogen-bond acceptors (Lipinski definition) is 4. The van der Waals surface area contributed by atoms with Crippen LogP contribution < -0.4 is 5.32 Å². The fourth-order valence-corrected chi connectivity index (χ4v) is 3.41. The van der Waals surface area contributed by atoms with Crippen LogP contribution in [0, 0.1) is 0 Å². The molecule has 1 heterocycles. The maximum absolute atomic E-state index is 12.3. The lowest BCUT2D eigenvalue weighted by atomic mass is 9.74. The Hall–Kier alpha value is -1.43. The van der Waals surface area contributed by atoms with Crippen LogP contribution in [0.15, 0.2) is 30.3 Å². The van der Waals surface area contributed by atoms with E-state index in [1.807, 2.05) is 30.1 Å². The Morgan fingerprint density at radius 1 is 1.29 bits per heavy atom. The highest BCUT2D eigenvalue weighted by molar-refractivity contribution is 5.78. The fraction of sp³-hybridized carbons (Fsp3) is 0.632. The van der Waals surface area contributed by atoms with Crippen molar-refractivity contribution in [2.75, 3.05) is 39.9 Å². The average molecular weight is 334 g/mol. The number of hydrogen-bond donors (Lipinski definition) is 2. The maximum atomic E-state index is 12.3. The van der Waals surface area contributed by atoms with E-state index in [9.17, 15) is 9.90 Å². The average Bonchev–Trinajstić information content (AvgIpc) is 2.53. The number of carbonyl (C=O) groups excluding carboxylic acids is 1. The molecule has 5 nitrogen and oxygen atoms in total. The number of ether oxygens (including phenoxy) is 1. The second-order valence-electron chi connectivity index (χ2n) is 7.52. The summed E-state index contributed by atoms with van der Waals surface area (Å²) >= 11 is 0. The van der Waals surface area contributed by atoms with Crippen molar-refractivity contribution in [3.63, 3.8) is 0 Å². The first-order valence-corrected chi connectivity index (χ1v) is 8.62. The summed E-state index contributed by atoms with van der Waals surface area (Å²) in [5, 5.41) is 12.9. The molecule has 0 spiro atoms. The monoisotopic (exact) mass is 334 g/mol. The maximum Gasteiger partial charge on any atom is 0.234 e. The van der Waals surface area contributed by atoms with E-state index < -0.39 is 5.60 Å². The predicted octanol–water partition coefficient (Wildman–Crippen LogP) is 1.55. The van der Waals surface area contributed by atoms with Crippen molar-refractivity contribution >= 4 is 5.91 Å². The van der Waals surface area contributed by atoms with Crippen LogP contribution in [0.3, 0.4) is 0 Å². The standard InChI is InChI=1S/C19H30N2O3/c1-18(2,23)15-21(3)13-17(22)20-14-19(9-11-24-12-10-19)16-7-5-4-6-8-16/h4-8,23H,9-15H2,1-3H3,(H,20,22). The van der Waals surface area contributed by atoms with Gasteiger partial charge in [0.25, 0.3) is 0 Å². The third kappa shape index (κ3) is 5.58. The molecule has 0 atom stereocenters. The van der Waals surface area contributed by atoms with Crippen molar-refractivity contribution in [1.82, 2.24) is 10.2 Å². The Kier molecular flexibility index (Phi) is 6.38. The van der Waals surface area contributed by atoms with Crippen molar-refractivity contribution in [1.29, 1.82) is 0 Å². The number of carbonyl (C=O) groups is 1. The largest absolute Gasteiger partial charge is 0.389 e. The molecule has 24 heavy (non-hydrogen) atoms. The summed E-state index contributed by atoms with van der Waals surface area (Å²) in [5.74, 6) is -0.0106. The van der Waals surface area contributed by atoms with Crippen molar-refractivity contribution in [2.24, 2.45) is 0 Å². The highest BCUT2D eigenvalue weighted by Crippen LogP contribution is 2.34. The van der Waals surface area contributed by atoms with Crippen LogP contribution in [0.5, 0.6) is 0 Å². The van der Waals surface area contributed by atoms with Gasteiger partial charge in [-0.1, -0.05) is 30.3 Å². The van der Waals surface area contributed by atoms with E-state index in [1.54, 1.807) is 13.8 Å². The zero-order chi connectivity index (χ0) is 17.6. The summed E-state index contributed by atoms with van der Waals surface area (Å²) in [7, 11) is 1.85. The molecule has 134 valence electrons. The molecule has 1 saturated heterocycles. The molecular formula is C19H30N2O3. The SMILES string of the molecule is CN(CC(=O)NCC1(c2ccccc2)CCOCC1)CC(C)(C)O. The molecule has 1 fully saturated rings. The molecule has 1 aromatic rings. The molecule has 5 heteroatoms. The zero-order valence-corrected chi connectivity index (χ0v) is 15.0. The Balaban J connectivity index is 1.95. The lowest BCUT2D eigenvalue weighted by molar-refractivity contribution is -0.123. The van der Waals surface area contributed by atoms with Gasteiger partial charge in [0.1, 0.15) is 0 Å². The predicted molar refractivity (Wildman–Crippen MR) is 95.0 cm³/mol. The Morgan fingerprint density at radius 3 is 2.50 bits per heavy atom. The van der Waals surface area contributed by atoms with Crippen LogP contribution >= 0.6 is 0 Å². The Morgan fingerprint density at radius 2 is 1.92 bits per heavy atom. The van der Waals surface area contributed by atoms with Gasteiger partial charge in [-0.3, -0.25) is 9.69 Å². The number of nitrogens with one attached hydrogen (secondary N) is 1. The molecule has 1 amide bonds. The summed E-state index contributed by atoms with van der Waals surface area (Å²) in [6.45, 7) is 6.30. The topological polar surface area (TPSA) is 61.8 Å².